The molecule has 1 heterocycles. The van der Waals surface area contributed by atoms with Gasteiger partial charge in [0.15, 0.2) is 0 Å². The van der Waals surface area contributed by atoms with Gasteiger partial charge in [0.2, 0.25) is 0 Å². The molecule has 13 heavy (non-hydrogen) atoms. The maximum absolute atomic E-state index is 9.76. The van der Waals surface area contributed by atoms with Crippen molar-refractivity contribution in [1.82, 2.24) is 4.98 Å². The molecule has 0 bridgehead atoms. The van der Waals surface area contributed by atoms with Crippen LogP contribution in [0.1, 0.15) is 37.0 Å². The van der Waals surface area contributed by atoms with Crippen LogP contribution in [0.2, 0.25) is 0 Å². The molecule has 1 rings (SSSR count). The first-order valence-corrected chi connectivity index (χ1v) is 5.24. The molecular formula is C10H14BrNO. The average Bonchev–Trinajstić information content (AvgIpc) is 2.10. The number of aliphatic hydroxyl groups excluding tert-OH is 1. The van der Waals surface area contributed by atoms with Crippen LogP contribution in [-0.2, 0) is 0 Å². The van der Waals surface area contributed by atoms with E-state index in [-0.39, 0.29) is 6.10 Å². The molecule has 3 heteroatoms. The molecule has 1 atom stereocenters. The number of halogens is 1. The van der Waals surface area contributed by atoms with Crippen LogP contribution in [-0.4, -0.2) is 10.1 Å². The van der Waals surface area contributed by atoms with Crippen molar-refractivity contribution >= 4 is 15.9 Å². The smallest absolute Gasteiger partial charge is 0.0807 e. The van der Waals surface area contributed by atoms with E-state index < -0.39 is 0 Å². The van der Waals surface area contributed by atoms with E-state index in [1.807, 2.05) is 6.92 Å². The lowest BCUT2D eigenvalue weighted by Gasteiger charge is -2.12. The van der Waals surface area contributed by atoms with Crippen molar-refractivity contribution in [3.05, 3.63) is 28.0 Å². The monoisotopic (exact) mass is 243 g/mol. The fourth-order valence-corrected chi connectivity index (χ4v) is 1.63. The Labute approximate surface area is 87.1 Å². The third-order valence-electron chi connectivity index (χ3n) is 2.11. The van der Waals surface area contributed by atoms with Gasteiger partial charge in [-0.25, -0.2) is 0 Å². The Morgan fingerprint density at radius 1 is 1.54 bits per heavy atom. The van der Waals surface area contributed by atoms with E-state index in [9.17, 15) is 5.11 Å². The van der Waals surface area contributed by atoms with E-state index in [1.54, 1.807) is 12.4 Å². The SMILES string of the molecule is CCCC(O)c1cncc(Br)c1C. The number of aliphatic hydroxyl groups is 1. The van der Waals surface area contributed by atoms with E-state index in [0.717, 1.165) is 28.4 Å². The van der Waals surface area contributed by atoms with Gasteiger partial charge in [-0.05, 0) is 34.8 Å². The minimum absolute atomic E-state index is 0.380. The van der Waals surface area contributed by atoms with Crippen molar-refractivity contribution < 1.29 is 5.11 Å². The summed E-state index contributed by atoms with van der Waals surface area (Å²) in [5, 5.41) is 9.76. The second-order valence-corrected chi connectivity index (χ2v) is 3.99. The van der Waals surface area contributed by atoms with Crippen LogP contribution in [0.25, 0.3) is 0 Å². The Hall–Kier alpha value is -0.410. The second-order valence-electron chi connectivity index (χ2n) is 3.14. The molecule has 0 fully saturated rings. The molecule has 1 aromatic rings. The summed E-state index contributed by atoms with van der Waals surface area (Å²) < 4.78 is 0.958. The molecule has 72 valence electrons. The Bertz CT molecular complexity index is 288. The van der Waals surface area contributed by atoms with Gasteiger partial charge in [0.25, 0.3) is 0 Å². The van der Waals surface area contributed by atoms with E-state index in [4.69, 9.17) is 0 Å². The van der Waals surface area contributed by atoms with Crippen molar-refractivity contribution in [1.29, 1.82) is 0 Å². The molecule has 0 aromatic carbocycles. The molecule has 0 amide bonds. The maximum atomic E-state index is 9.76. The zero-order chi connectivity index (χ0) is 9.84. The molecule has 0 aliphatic heterocycles. The van der Waals surface area contributed by atoms with E-state index in [0.29, 0.717) is 0 Å². The number of hydrogen-bond donors (Lipinski definition) is 1. The molecule has 1 unspecified atom stereocenters. The Balaban J connectivity index is 2.93. The van der Waals surface area contributed by atoms with Crippen LogP contribution < -0.4 is 0 Å². The van der Waals surface area contributed by atoms with E-state index in [1.165, 1.54) is 0 Å². The van der Waals surface area contributed by atoms with Gasteiger partial charge in [-0.15, -0.1) is 0 Å². The Morgan fingerprint density at radius 2 is 2.23 bits per heavy atom. The third-order valence-corrected chi connectivity index (χ3v) is 2.91. The molecule has 0 aliphatic carbocycles. The minimum atomic E-state index is -0.380. The highest BCUT2D eigenvalue weighted by molar-refractivity contribution is 9.10. The first-order valence-electron chi connectivity index (χ1n) is 4.44. The number of hydrogen-bond acceptors (Lipinski definition) is 2. The van der Waals surface area contributed by atoms with E-state index >= 15 is 0 Å². The van der Waals surface area contributed by atoms with Crippen LogP contribution in [0.15, 0.2) is 16.9 Å². The van der Waals surface area contributed by atoms with Crippen molar-refractivity contribution in [2.45, 2.75) is 32.8 Å². The molecule has 0 radical (unpaired) electrons. The van der Waals surface area contributed by atoms with Gasteiger partial charge in [-0.1, -0.05) is 13.3 Å². The van der Waals surface area contributed by atoms with E-state index in [2.05, 4.69) is 27.8 Å². The van der Waals surface area contributed by atoms with Crippen molar-refractivity contribution in [2.24, 2.45) is 0 Å². The van der Waals surface area contributed by atoms with Gasteiger partial charge in [-0.2, -0.15) is 0 Å². The predicted molar refractivity (Wildman–Crippen MR) is 56.5 cm³/mol. The molecule has 2 nitrogen and oxygen atoms in total. The van der Waals surface area contributed by atoms with Gasteiger partial charge in [-0.3, -0.25) is 4.98 Å². The first kappa shape index (κ1) is 10.7. The van der Waals surface area contributed by atoms with Crippen LogP contribution >= 0.6 is 15.9 Å². The van der Waals surface area contributed by atoms with Gasteiger partial charge in [0, 0.05) is 22.4 Å². The lowest BCUT2D eigenvalue weighted by molar-refractivity contribution is 0.165. The maximum Gasteiger partial charge on any atom is 0.0807 e. The highest BCUT2D eigenvalue weighted by Crippen LogP contribution is 2.25. The summed E-state index contributed by atoms with van der Waals surface area (Å²) in [7, 11) is 0. The van der Waals surface area contributed by atoms with Gasteiger partial charge in [0.05, 0.1) is 6.10 Å². The molecule has 0 aliphatic rings. The van der Waals surface area contributed by atoms with Gasteiger partial charge in [0.1, 0.15) is 0 Å². The highest BCUT2D eigenvalue weighted by atomic mass is 79.9. The molecule has 0 saturated carbocycles. The molecular weight excluding hydrogens is 230 g/mol. The van der Waals surface area contributed by atoms with Crippen LogP contribution in [0.5, 0.6) is 0 Å². The lowest BCUT2D eigenvalue weighted by Crippen LogP contribution is -2.00. The zero-order valence-electron chi connectivity index (χ0n) is 7.92. The van der Waals surface area contributed by atoms with Gasteiger partial charge < -0.3 is 5.11 Å². The quantitative estimate of drug-likeness (QED) is 0.886. The minimum Gasteiger partial charge on any atom is -0.388 e. The van der Waals surface area contributed by atoms with Crippen molar-refractivity contribution in [3.63, 3.8) is 0 Å². The number of rotatable bonds is 3. The van der Waals surface area contributed by atoms with Crippen LogP contribution in [0, 0.1) is 6.92 Å². The first-order chi connectivity index (χ1) is 6.16. The molecule has 1 aromatic heterocycles. The van der Waals surface area contributed by atoms with Crippen LogP contribution in [0.3, 0.4) is 0 Å². The number of aromatic nitrogens is 1. The second kappa shape index (κ2) is 4.72. The Kier molecular flexibility index (Phi) is 3.88. The average molecular weight is 244 g/mol. The topological polar surface area (TPSA) is 33.1 Å². The summed E-state index contributed by atoms with van der Waals surface area (Å²) in [6.07, 6.45) is 4.87. The Morgan fingerprint density at radius 3 is 2.85 bits per heavy atom. The normalized spacial score (nSPS) is 12.9. The fourth-order valence-electron chi connectivity index (χ4n) is 1.28. The molecule has 0 saturated heterocycles. The number of nitrogens with zero attached hydrogens (tertiary/aromatic N) is 1. The van der Waals surface area contributed by atoms with Gasteiger partial charge >= 0.3 is 0 Å². The lowest BCUT2D eigenvalue weighted by atomic mass is 10.0. The largest absolute Gasteiger partial charge is 0.388 e. The number of pyridine rings is 1. The summed E-state index contributed by atoms with van der Waals surface area (Å²) in [5.41, 5.74) is 2.01. The summed E-state index contributed by atoms with van der Waals surface area (Å²) in [4.78, 5) is 4.04. The third kappa shape index (κ3) is 2.51. The van der Waals surface area contributed by atoms with Crippen molar-refractivity contribution in [3.8, 4) is 0 Å². The molecule has 1 N–H and O–H groups in total. The fraction of sp³-hybridized carbons (Fsp3) is 0.500. The summed E-state index contributed by atoms with van der Waals surface area (Å²) in [5.74, 6) is 0. The summed E-state index contributed by atoms with van der Waals surface area (Å²) in [6, 6.07) is 0. The highest BCUT2D eigenvalue weighted by Gasteiger charge is 2.10. The zero-order valence-corrected chi connectivity index (χ0v) is 9.50. The molecule has 0 spiro atoms. The van der Waals surface area contributed by atoms with Crippen molar-refractivity contribution in [2.75, 3.05) is 0 Å². The summed E-state index contributed by atoms with van der Waals surface area (Å²) >= 11 is 3.39. The van der Waals surface area contributed by atoms with Crippen LogP contribution in [0.4, 0.5) is 0 Å². The standard InChI is InChI=1S/C10H14BrNO/c1-3-4-10(13)8-5-12-6-9(11)7(8)2/h5-6,10,13H,3-4H2,1-2H3. The summed E-state index contributed by atoms with van der Waals surface area (Å²) in [6.45, 7) is 4.05. The predicted octanol–water partition coefficient (Wildman–Crippen LogP) is 2.99.